The second-order valence-corrected chi connectivity index (χ2v) is 9.91. The zero-order valence-corrected chi connectivity index (χ0v) is 17.1. The van der Waals surface area contributed by atoms with E-state index in [1.807, 2.05) is 12.4 Å². The molecule has 1 heterocycles. The van der Waals surface area contributed by atoms with Gasteiger partial charge in [-0.1, -0.05) is 37.6 Å². The van der Waals surface area contributed by atoms with Crippen LogP contribution < -0.4 is 0 Å². The van der Waals surface area contributed by atoms with Gasteiger partial charge in [-0.25, -0.2) is 0 Å². The predicted octanol–water partition coefficient (Wildman–Crippen LogP) is 5.58. The summed E-state index contributed by atoms with van der Waals surface area (Å²) in [6.45, 7) is 5.64. The summed E-state index contributed by atoms with van der Waals surface area (Å²) in [7, 11) is 0. The molecule has 0 amide bonds. The third-order valence-electron chi connectivity index (χ3n) is 8.86. The number of ether oxygens (including phenoxy) is 1. The lowest BCUT2D eigenvalue weighted by Crippen LogP contribution is -2.50. The fraction of sp³-hybridized carbons (Fsp3) is 0.600. The van der Waals surface area contributed by atoms with Gasteiger partial charge in [-0.15, -0.1) is 0 Å². The molecule has 0 aliphatic heterocycles. The molecular weight excluding hydrogens is 346 g/mol. The molecule has 1 aromatic heterocycles. The minimum Gasteiger partial charge on any atom is -0.464 e. The third kappa shape index (κ3) is 2.54. The van der Waals surface area contributed by atoms with Crippen LogP contribution in [-0.2, 0) is 9.53 Å². The lowest BCUT2D eigenvalue weighted by Gasteiger charge is -2.57. The Bertz CT molecular complexity index is 828. The Hall–Kier alpha value is -1.90. The molecule has 0 N–H and O–H groups in total. The topological polar surface area (TPSA) is 39.2 Å². The zero-order valence-electron chi connectivity index (χ0n) is 17.1. The van der Waals surface area contributed by atoms with E-state index in [1.54, 1.807) is 5.57 Å². The van der Waals surface area contributed by atoms with Gasteiger partial charge in [-0.2, -0.15) is 0 Å². The maximum absolute atomic E-state index is 10.8. The van der Waals surface area contributed by atoms with Crippen molar-refractivity contribution in [3.63, 3.8) is 0 Å². The Morgan fingerprint density at radius 2 is 1.96 bits per heavy atom. The molecule has 1 aromatic rings. The Balaban J connectivity index is 1.43. The normalized spacial score (nSPS) is 41.8. The maximum atomic E-state index is 10.8. The molecule has 4 aliphatic rings. The van der Waals surface area contributed by atoms with Gasteiger partial charge < -0.3 is 4.74 Å². The lowest BCUT2D eigenvalue weighted by atomic mass is 9.47. The monoisotopic (exact) mass is 377 g/mol. The highest BCUT2D eigenvalue weighted by Crippen LogP contribution is 2.66. The van der Waals surface area contributed by atoms with Gasteiger partial charge in [0.1, 0.15) is 6.10 Å². The largest absolute Gasteiger partial charge is 0.464 e. The molecule has 3 nitrogen and oxygen atoms in total. The molecule has 6 unspecified atom stereocenters. The van der Waals surface area contributed by atoms with E-state index in [0.717, 1.165) is 37.0 Å². The summed E-state index contributed by atoms with van der Waals surface area (Å²) >= 11 is 0. The summed E-state index contributed by atoms with van der Waals surface area (Å²) in [5.74, 6) is 2.27. The van der Waals surface area contributed by atoms with Crippen LogP contribution in [0.15, 0.2) is 42.3 Å². The number of carbonyl (C=O) groups is 1. The van der Waals surface area contributed by atoms with E-state index in [1.165, 1.54) is 36.8 Å². The average Bonchev–Trinajstić information content (AvgIpc) is 3.06. The van der Waals surface area contributed by atoms with Crippen molar-refractivity contribution in [1.82, 2.24) is 4.98 Å². The number of pyridine rings is 1. The zero-order chi connectivity index (χ0) is 19.4. The summed E-state index contributed by atoms with van der Waals surface area (Å²) in [6.07, 6.45) is 17.1. The lowest BCUT2D eigenvalue weighted by molar-refractivity contribution is -0.135. The highest BCUT2D eigenvalue weighted by Gasteiger charge is 2.56. The van der Waals surface area contributed by atoms with Crippen LogP contribution in [0.5, 0.6) is 0 Å². The van der Waals surface area contributed by atoms with Crippen LogP contribution in [0, 0.1) is 28.6 Å². The van der Waals surface area contributed by atoms with Crippen LogP contribution in [0.25, 0.3) is 5.57 Å². The van der Waals surface area contributed by atoms with Crippen molar-refractivity contribution in [2.24, 2.45) is 28.6 Å². The Morgan fingerprint density at radius 3 is 2.75 bits per heavy atom. The van der Waals surface area contributed by atoms with Crippen LogP contribution in [0.3, 0.4) is 0 Å². The highest BCUT2D eigenvalue weighted by atomic mass is 16.5. The number of aromatic nitrogens is 1. The van der Waals surface area contributed by atoms with E-state index in [-0.39, 0.29) is 11.5 Å². The molecule has 0 saturated heterocycles. The fourth-order valence-electron chi connectivity index (χ4n) is 7.36. The minimum atomic E-state index is 0.0903. The van der Waals surface area contributed by atoms with Gasteiger partial charge in [-0.3, -0.25) is 9.78 Å². The highest BCUT2D eigenvalue weighted by molar-refractivity contribution is 5.72. The Morgan fingerprint density at radius 1 is 1.11 bits per heavy atom. The van der Waals surface area contributed by atoms with Crippen molar-refractivity contribution in [2.45, 2.75) is 64.9 Å². The maximum Gasteiger partial charge on any atom is 0.293 e. The molecule has 6 atom stereocenters. The van der Waals surface area contributed by atoms with Gasteiger partial charge in [0, 0.05) is 18.8 Å². The summed E-state index contributed by atoms with van der Waals surface area (Å²) in [5.41, 5.74) is 4.99. The number of hydrogen-bond donors (Lipinski definition) is 0. The summed E-state index contributed by atoms with van der Waals surface area (Å²) in [5, 5.41) is 0. The third-order valence-corrected chi connectivity index (χ3v) is 8.86. The van der Waals surface area contributed by atoms with Crippen molar-refractivity contribution < 1.29 is 9.53 Å². The summed E-state index contributed by atoms with van der Waals surface area (Å²) in [6, 6.07) is 4.29. The molecule has 5 rings (SSSR count). The van der Waals surface area contributed by atoms with E-state index >= 15 is 0 Å². The molecule has 3 heteroatoms. The van der Waals surface area contributed by atoms with Gasteiger partial charge in [0.05, 0.1) is 0 Å². The fourth-order valence-corrected chi connectivity index (χ4v) is 7.36. The molecule has 148 valence electrons. The van der Waals surface area contributed by atoms with Gasteiger partial charge in [0.15, 0.2) is 0 Å². The first-order valence-corrected chi connectivity index (χ1v) is 11.0. The second-order valence-electron chi connectivity index (χ2n) is 9.91. The van der Waals surface area contributed by atoms with E-state index in [2.05, 4.69) is 43.1 Å². The van der Waals surface area contributed by atoms with E-state index in [0.29, 0.717) is 11.9 Å². The molecule has 4 aliphatic carbocycles. The van der Waals surface area contributed by atoms with Gasteiger partial charge >= 0.3 is 0 Å². The minimum absolute atomic E-state index is 0.0903. The molecule has 2 fully saturated rings. The summed E-state index contributed by atoms with van der Waals surface area (Å²) in [4.78, 5) is 15.2. The van der Waals surface area contributed by atoms with E-state index in [4.69, 9.17) is 4.74 Å². The van der Waals surface area contributed by atoms with Crippen molar-refractivity contribution in [3.05, 3.63) is 47.8 Å². The van der Waals surface area contributed by atoms with Crippen LogP contribution in [-0.4, -0.2) is 17.6 Å². The molecule has 0 aromatic carbocycles. The molecule has 28 heavy (non-hydrogen) atoms. The number of rotatable bonds is 3. The van der Waals surface area contributed by atoms with Crippen molar-refractivity contribution >= 4 is 12.0 Å². The molecular formula is C25H31NO2. The van der Waals surface area contributed by atoms with Gasteiger partial charge in [0.2, 0.25) is 0 Å². The molecule has 0 spiro atoms. The van der Waals surface area contributed by atoms with Gasteiger partial charge in [-0.05, 0) is 84.3 Å². The number of nitrogens with zero attached hydrogens (tertiary/aromatic N) is 1. The van der Waals surface area contributed by atoms with Crippen LogP contribution in [0.1, 0.15) is 64.4 Å². The SMILES string of the molecule is CC12CCC(OC=O)CC1=CCC1C2CCC2(C)C(c3cccnc3)=CCC12. The first-order valence-electron chi connectivity index (χ1n) is 11.0. The molecule has 0 radical (unpaired) electrons. The Kier molecular flexibility index (Phi) is 4.26. The predicted molar refractivity (Wildman–Crippen MR) is 110 cm³/mol. The van der Waals surface area contributed by atoms with Crippen LogP contribution >= 0.6 is 0 Å². The van der Waals surface area contributed by atoms with E-state index in [9.17, 15) is 4.79 Å². The standard InChI is InChI=1S/C25H31NO2/c1-24-11-9-19(28-16-27)14-18(24)5-6-20-22-8-7-21(17-4-3-13-26-15-17)25(22,2)12-10-23(20)24/h3-5,7,13,15-16,19-20,22-23H,6,8-12,14H2,1-2H3. The van der Waals surface area contributed by atoms with Crippen LogP contribution in [0.2, 0.25) is 0 Å². The average molecular weight is 378 g/mol. The first kappa shape index (κ1) is 18.1. The first-order chi connectivity index (χ1) is 13.6. The number of fused-ring (bicyclic) bond motifs is 5. The summed E-state index contributed by atoms with van der Waals surface area (Å²) < 4.78 is 5.33. The Labute approximate surface area is 168 Å². The van der Waals surface area contributed by atoms with Crippen molar-refractivity contribution in [1.29, 1.82) is 0 Å². The van der Waals surface area contributed by atoms with Gasteiger partial charge in [0.25, 0.3) is 6.47 Å². The smallest absolute Gasteiger partial charge is 0.293 e. The molecule has 2 saturated carbocycles. The van der Waals surface area contributed by atoms with Crippen molar-refractivity contribution in [2.75, 3.05) is 0 Å². The number of hydrogen-bond acceptors (Lipinski definition) is 3. The quantitative estimate of drug-likeness (QED) is 0.510. The van der Waals surface area contributed by atoms with Crippen molar-refractivity contribution in [3.8, 4) is 0 Å². The number of allylic oxidation sites excluding steroid dienone is 3. The second kappa shape index (κ2) is 6.57. The number of carbonyl (C=O) groups excluding carboxylic acids is 1. The van der Waals surface area contributed by atoms with Crippen LogP contribution in [0.4, 0.5) is 0 Å². The van der Waals surface area contributed by atoms with E-state index < -0.39 is 0 Å². The molecule has 0 bridgehead atoms.